The van der Waals surface area contributed by atoms with Crippen LogP contribution >= 0.6 is 23.1 Å². The van der Waals surface area contributed by atoms with Crippen molar-refractivity contribution in [3.63, 3.8) is 0 Å². The van der Waals surface area contributed by atoms with Crippen LogP contribution in [-0.4, -0.2) is 16.6 Å². The summed E-state index contributed by atoms with van der Waals surface area (Å²) in [6.07, 6.45) is 0. The predicted molar refractivity (Wildman–Crippen MR) is 82.8 cm³/mol. The van der Waals surface area contributed by atoms with E-state index in [2.05, 4.69) is 10.3 Å². The third-order valence-corrected chi connectivity index (χ3v) is 4.24. The summed E-state index contributed by atoms with van der Waals surface area (Å²) in [5, 5.41) is 14.5. The lowest BCUT2D eigenvalue weighted by Gasteiger charge is -2.04. The minimum atomic E-state index is -0.0494. The Balaban J connectivity index is 1.76. The van der Waals surface area contributed by atoms with Crippen molar-refractivity contribution in [2.75, 3.05) is 11.1 Å². The zero-order chi connectivity index (χ0) is 14.4. The monoisotopic (exact) mass is 303 g/mol. The number of benzene rings is 1. The number of nitriles is 1. The summed E-state index contributed by atoms with van der Waals surface area (Å²) >= 11 is 3.15. The van der Waals surface area contributed by atoms with E-state index in [0.29, 0.717) is 17.0 Å². The number of amides is 1. The van der Waals surface area contributed by atoms with Gasteiger partial charge in [-0.3, -0.25) is 4.79 Å². The summed E-state index contributed by atoms with van der Waals surface area (Å²) in [5.74, 6) is 1.08. The number of thiazole rings is 1. The van der Waals surface area contributed by atoms with Gasteiger partial charge in [0, 0.05) is 16.8 Å². The topological polar surface area (TPSA) is 65.8 Å². The van der Waals surface area contributed by atoms with Gasteiger partial charge in [-0.2, -0.15) is 5.26 Å². The quantitative estimate of drug-likeness (QED) is 0.921. The van der Waals surface area contributed by atoms with E-state index >= 15 is 0 Å². The van der Waals surface area contributed by atoms with Crippen LogP contribution < -0.4 is 5.32 Å². The number of aromatic nitrogens is 1. The average Bonchev–Trinajstić information content (AvgIpc) is 2.85. The number of nitrogens with zero attached hydrogens (tertiary/aromatic N) is 2. The van der Waals surface area contributed by atoms with Gasteiger partial charge >= 0.3 is 0 Å². The van der Waals surface area contributed by atoms with Gasteiger partial charge in [-0.1, -0.05) is 0 Å². The molecule has 1 aromatic heterocycles. The summed E-state index contributed by atoms with van der Waals surface area (Å²) < 4.78 is 0. The average molecular weight is 303 g/mol. The second-order valence-electron chi connectivity index (χ2n) is 4.09. The molecule has 0 aliphatic rings. The van der Waals surface area contributed by atoms with Crippen LogP contribution in [0, 0.1) is 18.3 Å². The SMILES string of the molecule is Cc1nc(CSCC(=O)Nc2ccc(C#N)cc2)cs1. The van der Waals surface area contributed by atoms with Gasteiger partial charge in [0.25, 0.3) is 0 Å². The number of rotatable bonds is 5. The number of thioether (sulfide) groups is 1. The van der Waals surface area contributed by atoms with Gasteiger partial charge in [-0.25, -0.2) is 4.98 Å². The largest absolute Gasteiger partial charge is 0.325 e. The molecule has 1 N–H and O–H groups in total. The first-order chi connectivity index (χ1) is 9.67. The molecule has 4 nitrogen and oxygen atoms in total. The molecule has 0 unspecified atom stereocenters. The molecule has 6 heteroatoms. The molecule has 1 amide bonds. The summed E-state index contributed by atoms with van der Waals surface area (Å²) in [7, 11) is 0. The van der Waals surface area contributed by atoms with Crippen LogP contribution in [0.2, 0.25) is 0 Å². The molecule has 2 rings (SSSR count). The maximum atomic E-state index is 11.7. The van der Waals surface area contributed by atoms with Crippen molar-refractivity contribution in [1.82, 2.24) is 4.98 Å². The maximum absolute atomic E-state index is 11.7. The van der Waals surface area contributed by atoms with E-state index < -0.39 is 0 Å². The van der Waals surface area contributed by atoms with Crippen LogP contribution in [0.25, 0.3) is 0 Å². The highest BCUT2D eigenvalue weighted by molar-refractivity contribution is 7.99. The molecule has 0 aliphatic carbocycles. The number of carbonyl (C=O) groups excluding carboxylic acids is 1. The number of aryl methyl sites for hydroxylation is 1. The molecule has 0 bridgehead atoms. The minimum absolute atomic E-state index is 0.0494. The Kier molecular flexibility index (Phi) is 5.16. The standard InChI is InChI=1S/C14H13N3OS2/c1-10-16-13(8-20-10)7-19-9-14(18)17-12-4-2-11(6-15)3-5-12/h2-5,8H,7,9H2,1H3,(H,17,18). The molecule has 1 heterocycles. The molecule has 0 saturated carbocycles. The summed E-state index contributed by atoms with van der Waals surface area (Å²) in [5.41, 5.74) is 2.30. The smallest absolute Gasteiger partial charge is 0.234 e. The van der Waals surface area contributed by atoms with Crippen LogP contribution in [0.3, 0.4) is 0 Å². The van der Waals surface area contributed by atoms with Gasteiger partial charge in [0.15, 0.2) is 0 Å². The summed E-state index contributed by atoms with van der Waals surface area (Å²) in [6.45, 7) is 1.97. The van der Waals surface area contributed by atoms with Crippen LogP contribution in [0.5, 0.6) is 0 Å². The van der Waals surface area contributed by atoms with Gasteiger partial charge in [0.05, 0.1) is 28.1 Å². The van der Waals surface area contributed by atoms with Crippen molar-refractivity contribution in [3.8, 4) is 6.07 Å². The van der Waals surface area contributed by atoms with E-state index in [4.69, 9.17) is 5.26 Å². The van der Waals surface area contributed by atoms with Crippen molar-refractivity contribution < 1.29 is 4.79 Å². The molecule has 0 aliphatic heterocycles. The van der Waals surface area contributed by atoms with Crippen molar-refractivity contribution >= 4 is 34.7 Å². The fourth-order valence-corrected chi connectivity index (χ4v) is 2.98. The first-order valence-electron chi connectivity index (χ1n) is 5.96. The first kappa shape index (κ1) is 14.6. The zero-order valence-corrected chi connectivity index (χ0v) is 12.6. The van der Waals surface area contributed by atoms with Crippen LogP contribution in [0.15, 0.2) is 29.6 Å². The molecule has 0 spiro atoms. The Labute approximate surface area is 125 Å². The molecule has 0 atom stereocenters. The highest BCUT2D eigenvalue weighted by Crippen LogP contribution is 2.16. The Morgan fingerprint density at radius 1 is 1.45 bits per heavy atom. The molecule has 102 valence electrons. The molecule has 0 fully saturated rings. The van der Waals surface area contributed by atoms with E-state index in [1.165, 1.54) is 11.8 Å². The molecule has 0 radical (unpaired) electrons. The zero-order valence-electron chi connectivity index (χ0n) is 10.9. The Morgan fingerprint density at radius 2 is 2.20 bits per heavy atom. The number of carbonyl (C=O) groups is 1. The fraction of sp³-hybridized carbons (Fsp3) is 0.214. The maximum Gasteiger partial charge on any atom is 0.234 e. The lowest BCUT2D eigenvalue weighted by molar-refractivity contribution is -0.113. The second-order valence-corrected chi connectivity index (χ2v) is 6.14. The van der Waals surface area contributed by atoms with Crippen molar-refractivity contribution in [3.05, 3.63) is 45.9 Å². The molecular weight excluding hydrogens is 290 g/mol. The highest BCUT2D eigenvalue weighted by atomic mass is 32.2. The number of nitrogens with one attached hydrogen (secondary N) is 1. The fourth-order valence-electron chi connectivity index (χ4n) is 1.55. The first-order valence-corrected chi connectivity index (χ1v) is 7.99. The van der Waals surface area contributed by atoms with E-state index in [9.17, 15) is 4.79 Å². The van der Waals surface area contributed by atoms with E-state index in [1.807, 2.05) is 18.4 Å². The van der Waals surface area contributed by atoms with Crippen LogP contribution in [-0.2, 0) is 10.5 Å². The number of anilines is 1. The van der Waals surface area contributed by atoms with Gasteiger partial charge in [0.1, 0.15) is 0 Å². The number of hydrogen-bond acceptors (Lipinski definition) is 5. The third-order valence-electron chi connectivity index (χ3n) is 2.45. The minimum Gasteiger partial charge on any atom is -0.325 e. The lowest BCUT2D eigenvalue weighted by Crippen LogP contribution is -2.14. The molecule has 20 heavy (non-hydrogen) atoms. The van der Waals surface area contributed by atoms with E-state index in [0.717, 1.165) is 16.5 Å². The number of hydrogen-bond donors (Lipinski definition) is 1. The van der Waals surface area contributed by atoms with Crippen molar-refractivity contribution in [2.24, 2.45) is 0 Å². The van der Waals surface area contributed by atoms with E-state index in [1.54, 1.807) is 35.6 Å². The van der Waals surface area contributed by atoms with Gasteiger partial charge < -0.3 is 5.32 Å². The van der Waals surface area contributed by atoms with E-state index in [-0.39, 0.29) is 5.91 Å². The van der Waals surface area contributed by atoms with Gasteiger partial charge in [-0.05, 0) is 31.2 Å². The molecular formula is C14H13N3OS2. The van der Waals surface area contributed by atoms with Crippen LogP contribution in [0.1, 0.15) is 16.3 Å². The summed E-state index contributed by atoms with van der Waals surface area (Å²) in [4.78, 5) is 16.1. The third kappa shape index (κ3) is 4.37. The van der Waals surface area contributed by atoms with Crippen LogP contribution in [0.4, 0.5) is 5.69 Å². The van der Waals surface area contributed by atoms with Crippen molar-refractivity contribution in [2.45, 2.75) is 12.7 Å². The molecule has 0 saturated heterocycles. The Bertz CT molecular complexity index is 629. The second kappa shape index (κ2) is 7.08. The predicted octanol–water partition coefficient (Wildman–Crippen LogP) is 3.20. The Hall–Kier alpha value is -1.84. The summed E-state index contributed by atoms with van der Waals surface area (Å²) in [6, 6.07) is 8.86. The van der Waals surface area contributed by atoms with Gasteiger partial charge in [0.2, 0.25) is 5.91 Å². The molecule has 1 aromatic carbocycles. The highest BCUT2D eigenvalue weighted by Gasteiger charge is 2.04. The Morgan fingerprint density at radius 3 is 2.80 bits per heavy atom. The molecule has 2 aromatic rings. The normalized spacial score (nSPS) is 10.0. The lowest BCUT2D eigenvalue weighted by atomic mass is 10.2. The van der Waals surface area contributed by atoms with Gasteiger partial charge in [-0.15, -0.1) is 23.1 Å². The van der Waals surface area contributed by atoms with Crippen molar-refractivity contribution in [1.29, 1.82) is 5.26 Å².